The largest absolute Gasteiger partial charge is 0.336 e. The van der Waals surface area contributed by atoms with Crippen LogP contribution < -0.4 is 0 Å². The highest BCUT2D eigenvalue weighted by Gasteiger charge is 2.35. The van der Waals surface area contributed by atoms with Gasteiger partial charge in [-0.1, -0.05) is 19.9 Å². The van der Waals surface area contributed by atoms with Crippen LogP contribution in [0.15, 0.2) is 36.5 Å². The third-order valence-corrected chi connectivity index (χ3v) is 7.82. The molecule has 1 atom stereocenters. The van der Waals surface area contributed by atoms with Crippen LogP contribution in [0.2, 0.25) is 0 Å². The van der Waals surface area contributed by atoms with Crippen molar-refractivity contribution in [2.24, 2.45) is 13.0 Å². The number of hydrogen-bond donors (Lipinski definition) is 0. The van der Waals surface area contributed by atoms with Crippen LogP contribution in [0.1, 0.15) is 69.3 Å². The minimum absolute atomic E-state index is 0.00689. The van der Waals surface area contributed by atoms with Gasteiger partial charge in [-0.05, 0) is 74.1 Å². The molecule has 37 heavy (non-hydrogen) atoms. The van der Waals surface area contributed by atoms with Crippen molar-refractivity contribution in [3.05, 3.63) is 53.5 Å². The molecule has 2 heterocycles. The van der Waals surface area contributed by atoms with E-state index in [1.165, 1.54) is 17.7 Å². The predicted octanol–water partition coefficient (Wildman–Crippen LogP) is 5.65. The van der Waals surface area contributed by atoms with Crippen molar-refractivity contribution >= 4 is 23.1 Å². The number of rotatable bonds is 10. The highest BCUT2D eigenvalue weighted by Crippen LogP contribution is 2.39. The van der Waals surface area contributed by atoms with Gasteiger partial charge in [0.1, 0.15) is 12.1 Å². The first kappa shape index (κ1) is 27.0. The van der Waals surface area contributed by atoms with E-state index in [0.29, 0.717) is 36.4 Å². The molecule has 3 aromatic rings. The maximum atomic E-state index is 14.4. The zero-order valence-electron chi connectivity index (χ0n) is 22.9. The van der Waals surface area contributed by atoms with Crippen LogP contribution in [-0.4, -0.2) is 63.5 Å². The number of halogens is 1. The van der Waals surface area contributed by atoms with E-state index in [1.54, 1.807) is 11.0 Å². The standard InChI is InChI=1S/C30H39FN4O2/c1-7-35(20(4)5)30(37)26-15-23(31)10-11-24(26)25-13-21(14-29-27(25)16-32-33(29)6)22-17-34(18-22)28(19(2)3)9-8-12-36/h10-16,19-20,22,28H,7-9,17-18H2,1-6H3/t28-/m1/s1. The summed E-state index contributed by atoms with van der Waals surface area (Å²) >= 11 is 0. The lowest BCUT2D eigenvalue weighted by Gasteiger charge is -2.46. The molecule has 0 spiro atoms. The van der Waals surface area contributed by atoms with Gasteiger partial charge in [0, 0.05) is 56.5 Å². The second-order valence-corrected chi connectivity index (χ2v) is 10.9. The number of benzene rings is 2. The summed E-state index contributed by atoms with van der Waals surface area (Å²) in [7, 11) is 1.92. The van der Waals surface area contributed by atoms with Gasteiger partial charge in [-0.25, -0.2) is 4.39 Å². The Labute approximate surface area is 219 Å². The fourth-order valence-electron chi connectivity index (χ4n) is 5.73. The van der Waals surface area contributed by atoms with Gasteiger partial charge in [0.05, 0.1) is 17.3 Å². The number of fused-ring (bicyclic) bond motifs is 1. The van der Waals surface area contributed by atoms with Crippen LogP contribution in [0, 0.1) is 11.7 Å². The van der Waals surface area contributed by atoms with Crippen LogP contribution in [0.5, 0.6) is 0 Å². The number of nitrogens with zero attached hydrogens (tertiary/aromatic N) is 4. The molecule has 0 saturated carbocycles. The first-order valence-corrected chi connectivity index (χ1v) is 13.4. The summed E-state index contributed by atoms with van der Waals surface area (Å²) in [5, 5.41) is 5.45. The molecule has 1 aliphatic heterocycles. The first-order chi connectivity index (χ1) is 17.7. The highest BCUT2D eigenvalue weighted by atomic mass is 19.1. The van der Waals surface area contributed by atoms with E-state index in [1.807, 2.05) is 38.7 Å². The Morgan fingerprint density at radius 2 is 1.89 bits per heavy atom. The van der Waals surface area contributed by atoms with Gasteiger partial charge in [0.2, 0.25) is 0 Å². The summed E-state index contributed by atoms with van der Waals surface area (Å²) in [6.45, 7) is 12.7. The van der Waals surface area contributed by atoms with Gasteiger partial charge in [-0.15, -0.1) is 0 Å². The Morgan fingerprint density at radius 3 is 2.51 bits per heavy atom. The number of likely N-dealkylation sites (tertiary alicyclic amines) is 1. The monoisotopic (exact) mass is 506 g/mol. The van der Waals surface area contributed by atoms with E-state index < -0.39 is 5.82 Å². The zero-order chi connectivity index (χ0) is 26.9. The molecule has 0 N–H and O–H groups in total. The summed E-state index contributed by atoms with van der Waals surface area (Å²) in [5.41, 5.74) is 4.20. The van der Waals surface area contributed by atoms with Gasteiger partial charge in [0.15, 0.2) is 0 Å². The van der Waals surface area contributed by atoms with E-state index >= 15 is 0 Å². The Balaban J connectivity index is 1.75. The molecule has 1 aromatic heterocycles. The topological polar surface area (TPSA) is 58.4 Å². The summed E-state index contributed by atoms with van der Waals surface area (Å²) in [4.78, 5) is 28.8. The number of aromatic nitrogens is 2. The summed E-state index contributed by atoms with van der Waals surface area (Å²) in [6.07, 6.45) is 4.30. The lowest BCUT2D eigenvalue weighted by Crippen LogP contribution is -2.52. The predicted molar refractivity (Wildman–Crippen MR) is 146 cm³/mol. The normalized spacial score (nSPS) is 15.4. The second-order valence-electron chi connectivity index (χ2n) is 10.9. The molecule has 0 aliphatic carbocycles. The lowest BCUT2D eigenvalue weighted by molar-refractivity contribution is -0.108. The average molecular weight is 507 g/mol. The fourth-order valence-corrected chi connectivity index (χ4v) is 5.73. The molecular weight excluding hydrogens is 467 g/mol. The zero-order valence-corrected chi connectivity index (χ0v) is 22.9. The molecule has 2 aromatic carbocycles. The summed E-state index contributed by atoms with van der Waals surface area (Å²) < 4.78 is 16.3. The molecule has 4 rings (SSSR count). The Kier molecular flexibility index (Phi) is 8.12. The van der Waals surface area contributed by atoms with E-state index in [0.717, 1.165) is 47.8 Å². The minimum Gasteiger partial charge on any atom is -0.336 e. The van der Waals surface area contributed by atoms with Crippen molar-refractivity contribution in [3.8, 4) is 11.1 Å². The maximum absolute atomic E-state index is 14.4. The van der Waals surface area contributed by atoms with Crippen molar-refractivity contribution in [1.82, 2.24) is 19.6 Å². The number of aldehydes is 1. The molecule has 7 heteroatoms. The summed E-state index contributed by atoms with van der Waals surface area (Å²) in [5.74, 6) is 0.235. The molecule has 1 fully saturated rings. The van der Waals surface area contributed by atoms with E-state index in [2.05, 4.69) is 36.0 Å². The molecule has 1 saturated heterocycles. The van der Waals surface area contributed by atoms with Crippen LogP contribution in [0.3, 0.4) is 0 Å². The quantitative estimate of drug-likeness (QED) is 0.333. The van der Waals surface area contributed by atoms with Crippen molar-refractivity contribution in [2.45, 2.75) is 65.5 Å². The van der Waals surface area contributed by atoms with E-state index in [4.69, 9.17) is 0 Å². The minimum atomic E-state index is -0.421. The maximum Gasteiger partial charge on any atom is 0.254 e. The highest BCUT2D eigenvalue weighted by molar-refractivity contribution is 6.05. The number of aryl methyl sites for hydroxylation is 1. The lowest BCUT2D eigenvalue weighted by atomic mass is 9.84. The number of amides is 1. The molecule has 1 amide bonds. The van der Waals surface area contributed by atoms with Crippen LogP contribution >= 0.6 is 0 Å². The van der Waals surface area contributed by atoms with Crippen molar-refractivity contribution in [1.29, 1.82) is 0 Å². The fraction of sp³-hybridized carbons (Fsp3) is 0.500. The third-order valence-electron chi connectivity index (χ3n) is 7.82. The first-order valence-electron chi connectivity index (χ1n) is 13.4. The number of hydrogen-bond acceptors (Lipinski definition) is 4. The smallest absolute Gasteiger partial charge is 0.254 e. The SMILES string of the molecule is CCN(C(=O)c1cc(F)ccc1-c1cc(C2CN([C@H](CCC=O)C(C)C)C2)cc2c1cnn2C)C(C)C. The molecule has 0 radical (unpaired) electrons. The van der Waals surface area contributed by atoms with Crippen LogP contribution in [0.4, 0.5) is 4.39 Å². The van der Waals surface area contributed by atoms with Crippen molar-refractivity contribution in [3.63, 3.8) is 0 Å². The number of carbonyl (C=O) groups is 2. The van der Waals surface area contributed by atoms with E-state index in [-0.39, 0.29) is 11.9 Å². The van der Waals surface area contributed by atoms with Crippen molar-refractivity contribution < 1.29 is 14.0 Å². The molecule has 6 nitrogen and oxygen atoms in total. The molecular formula is C30H39FN4O2. The second kappa shape index (κ2) is 11.1. The van der Waals surface area contributed by atoms with Gasteiger partial charge in [-0.3, -0.25) is 14.4 Å². The third kappa shape index (κ3) is 5.33. The summed E-state index contributed by atoms with van der Waals surface area (Å²) in [6, 6.07) is 9.27. The molecule has 0 unspecified atom stereocenters. The van der Waals surface area contributed by atoms with Crippen LogP contribution in [0.25, 0.3) is 22.0 Å². The van der Waals surface area contributed by atoms with Gasteiger partial charge in [-0.2, -0.15) is 5.10 Å². The molecule has 198 valence electrons. The van der Waals surface area contributed by atoms with Gasteiger partial charge < -0.3 is 9.69 Å². The Bertz CT molecular complexity index is 1280. The van der Waals surface area contributed by atoms with Crippen molar-refractivity contribution in [2.75, 3.05) is 19.6 Å². The van der Waals surface area contributed by atoms with Gasteiger partial charge in [0.25, 0.3) is 5.91 Å². The van der Waals surface area contributed by atoms with E-state index in [9.17, 15) is 14.0 Å². The van der Waals surface area contributed by atoms with Gasteiger partial charge >= 0.3 is 0 Å². The molecule has 0 bridgehead atoms. The molecule has 1 aliphatic rings. The Morgan fingerprint density at radius 1 is 1.16 bits per heavy atom. The average Bonchev–Trinajstić information content (AvgIpc) is 3.20. The number of carbonyl (C=O) groups excluding carboxylic acids is 2. The van der Waals surface area contributed by atoms with Crippen LogP contribution in [-0.2, 0) is 11.8 Å². The Hall–Kier alpha value is -3.06.